The molecule has 0 heterocycles. The molecule has 3 N–H and O–H groups in total. The SMILES string of the molecule is CC(C)CNC(=O)NC(=O)CN(C)CC1(O)CCCC1. The van der Waals surface area contributed by atoms with Crippen molar-refractivity contribution in [2.45, 2.75) is 45.1 Å². The Morgan fingerprint density at radius 1 is 1.30 bits per heavy atom. The summed E-state index contributed by atoms with van der Waals surface area (Å²) < 4.78 is 0. The van der Waals surface area contributed by atoms with Gasteiger partial charge in [-0.1, -0.05) is 26.7 Å². The van der Waals surface area contributed by atoms with Crippen LogP contribution in [0.2, 0.25) is 0 Å². The summed E-state index contributed by atoms with van der Waals surface area (Å²) in [5.74, 6) is -0.00880. The number of likely N-dealkylation sites (N-methyl/N-ethyl adjacent to an activating group) is 1. The second kappa shape index (κ2) is 7.59. The van der Waals surface area contributed by atoms with Gasteiger partial charge in [0.05, 0.1) is 12.1 Å². The molecule has 0 aromatic carbocycles. The van der Waals surface area contributed by atoms with Gasteiger partial charge < -0.3 is 10.4 Å². The third-order valence-electron chi connectivity index (χ3n) is 3.44. The minimum absolute atomic E-state index is 0.109. The molecule has 0 aromatic heterocycles. The summed E-state index contributed by atoms with van der Waals surface area (Å²) >= 11 is 0. The topological polar surface area (TPSA) is 81.7 Å². The smallest absolute Gasteiger partial charge is 0.321 e. The van der Waals surface area contributed by atoms with Crippen LogP contribution in [0.4, 0.5) is 4.79 Å². The molecule has 0 radical (unpaired) electrons. The number of carbonyl (C=O) groups is 2. The number of rotatable bonds is 6. The van der Waals surface area contributed by atoms with Crippen LogP contribution >= 0.6 is 0 Å². The first-order valence-corrected chi connectivity index (χ1v) is 7.29. The maximum absolute atomic E-state index is 11.7. The summed E-state index contributed by atoms with van der Waals surface area (Å²) in [6, 6.07) is -0.461. The third-order valence-corrected chi connectivity index (χ3v) is 3.44. The minimum Gasteiger partial charge on any atom is -0.389 e. The number of imide groups is 1. The summed E-state index contributed by atoms with van der Waals surface area (Å²) in [5.41, 5.74) is -0.672. The molecule has 20 heavy (non-hydrogen) atoms. The van der Waals surface area contributed by atoms with Gasteiger partial charge in [0.25, 0.3) is 0 Å². The van der Waals surface area contributed by atoms with E-state index < -0.39 is 11.6 Å². The minimum atomic E-state index is -0.672. The van der Waals surface area contributed by atoms with E-state index in [9.17, 15) is 14.7 Å². The van der Waals surface area contributed by atoms with Gasteiger partial charge in [0.1, 0.15) is 0 Å². The molecule has 6 nitrogen and oxygen atoms in total. The predicted molar refractivity (Wildman–Crippen MR) is 77.3 cm³/mol. The molecule has 116 valence electrons. The van der Waals surface area contributed by atoms with Crippen LogP contribution in [-0.4, -0.2) is 54.2 Å². The number of amides is 3. The van der Waals surface area contributed by atoms with Gasteiger partial charge in [0.15, 0.2) is 0 Å². The average molecular weight is 285 g/mol. The van der Waals surface area contributed by atoms with Crippen LogP contribution in [0.1, 0.15) is 39.5 Å². The highest BCUT2D eigenvalue weighted by Gasteiger charge is 2.32. The summed E-state index contributed by atoms with van der Waals surface area (Å²) in [6.45, 7) is 5.08. The van der Waals surface area contributed by atoms with Crippen LogP contribution in [0.3, 0.4) is 0 Å². The second-order valence-corrected chi connectivity index (χ2v) is 6.26. The lowest BCUT2D eigenvalue weighted by molar-refractivity contribution is -0.121. The van der Waals surface area contributed by atoms with E-state index >= 15 is 0 Å². The number of urea groups is 1. The fourth-order valence-electron chi connectivity index (χ4n) is 2.50. The van der Waals surface area contributed by atoms with Crippen LogP contribution in [0.15, 0.2) is 0 Å². The van der Waals surface area contributed by atoms with Crippen LogP contribution in [0, 0.1) is 5.92 Å². The van der Waals surface area contributed by atoms with Crippen molar-refractivity contribution in [3.63, 3.8) is 0 Å². The zero-order valence-electron chi connectivity index (χ0n) is 12.7. The average Bonchev–Trinajstić information content (AvgIpc) is 2.72. The molecule has 0 atom stereocenters. The van der Waals surface area contributed by atoms with Gasteiger partial charge >= 0.3 is 6.03 Å². The van der Waals surface area contributed by atoms with Crippen molar-refractivity contribution in [1.82, 2.24) is 15.5 Å². The Hall–Kier alpha value is -1.14. The quantitative estimate of drug-likeness (QED) is 0.671. The molecule has 1 rings (SSSR count). The van der Waals surface area contributed by atoms with Crippen LogP contribution in [0.25, 0.3) is 0 Å². The summed E-state index contributed by atoms with van der Waals surface area (Å²) in [4.78, 5) is 24.9. The molecule has 0 spiro atoms. The highest BCUT2D eigenvalue weighted by atomic mass is 16.3. The van der Waals surface area contributed by atoms with Gasteiger partial charge in [-0.3, -0.25) is 15.0 Å². The van der Waals surface area contributed by atoms with E-state index in [-0.39, 0.29) is 12.5 Å². The van der Waals surface area contributed by atoms with Crippen molar-refractivity contribution < 1.29 is 14.7 Å². The lowest BCUT2D eigenvalue weighted by Gasteiger charge is -2.28. The van der Waals surface area contributed by atoms with Gasteiger partial charge in [0.2, 0.25) is 5.91 Å². The van der Waals surface area contributed by atoms with E-state index in [1.807, 2.05) is 13.8 Å². The lowest BCUT2D eigenvalue weighted by atomic mass is 10.0. The Kier molecular flexibility index (Phi) is 6.42. The van der Waals surface area contributed by atoms with Gasteiger partial charge in [-0.05, 0) is 25.8 Å². The highest BCUT2D eigenvalue weighted by molar-refractivity contribution is 5.95. The number of carbonyl (C=O) groups excluding carboxylic acids is 2. The molecular weight excluding hydrogens is 258 g/mol. The standard InChI is InChI=1S/C14H27N3O3/c1-11(2)8-15-13(19)16-12(18)9-17(3)10-14(20)6-4-5-7-14/h11,20H,4-10H2,1-3H3,(H2,15,16,18,19). The molecule has 0 unspecified atom stereocenters. The Morgan fingerprint density at radius 2 is 1.90 bits per heavy atom. The lowest BCUT2D eigenvalue weighted by Crippen LogP contribution is -2.47. The molecule has 0 aromatic rings. The first-order chi connectivity index (χ1) is 9.31. The highest BCUT2D eigenvalue weighted by Crippen LogP contribution is 2.29. The monoisotopic (exact) mass is 285 g/mol. The zero-order valence-corrected chi connectivity index (χ0v) is 12.7. The fraction of sp³-hybridized carbons (Fsp3) is 0.857. The molecule has 1 aliphatic carbocycles. The van der Waals surface area contributed by atoms with E-state index in [1.165, 1.54) is 0 Å². The van der Waals surface area contributed by atoms with Gasteiger partial charge in [0, 0.05) is 13.1 Å². The normalized spacial score (nSPS) is 17.5. The Balaban J connectivity index is 2.25. The van der Waals surface area contributed by atoms with Crippen molar-refractivity contribution in [3.05, 3.63) is 0 Å². The number of nitrogens with zero attached hydrogens (tertiary/aromatic N) is 1. The summed E-state index contributed by atoms with van der Waals surface area (Å²) in [5, 5.41) is 15.2. The van der Waals surface area contributed by atoms with Crippen molar-refractivity contribution in [3.8, 4) is 0 Å². The van der Waals surface area contributed by atoms with Gasteiger partial charge in [-0.15, -0.1) is 0 Å². The van der Waals surface area contributed by atoms with E-state index in [4.69, 9.17) is 0 Å². The molecule has 0 bridgehead atoms. The van der Waals surface area contributed by atoms with E-state index in [1.54, 1.807) is 11.9 Å². The number of hydrogen-bond acceptors (Lipinski definition) is 4. The molecule has 3 amide bonds. The Bertz CT molecular complexity index is 339. The summed E-state index contributed by atoms with van der Waals surface area (Å²) in [6.07, 6.45) is 3.64. The first-order valence-electron chi connectivity index (χ1n) is 7.29. The molecule has 0 aliphatic heterocycles. The number of nitrogens with one attached hydrogen (secondary N) is 2. The van der Waals surface area contributed by atoms with Crippen molar-refractivity contribution in [2.75, 3.05) is 26.7 Å². The molecule has 0 saturated heterocycles. The van der Waals surface area contributed by atoms with Crippen molar-refractivity contribution in [1.29, 1.82) is 0 Å². The van der Waals surface area contributed by atoms with Crippen LogP contribution in [-0.2, 0) is 4.79 Å². The van der Waals surface area contributed by atoms with Crippen molar-refractivity contribution in [2.24, 2.45) is 5.92 Å². The second-order valence-electron chi connectivity index (χ2n) is 6.26. The van der Waals surface area contributed by atoms with Crippen molar-refractivity contribution >= 4 is 11.9 Å². The fourth-order valence-corrected chi connectivity index (χ4v) is 2.50. The third kappa shape index (κ3) is 6.34. The predicted octanol–water partition coefficient (Wildman–Crippen LogP) is 0.705. The Morgan fingerprint density at radius 3 is 2.45 bits per heavy atom. The molecule has 1 saturated carbocycles. The molecular formula is C14H27N3O3. The number of aliphatic hydroxyl groups is 1. The van der Waals surface area contributed by atoms with E-state index in [0.717, 1.165) is 25.7 Å². The first kappa shape index (κ1) is 16.9. The maximum atomic E-state index is 11.7. The number of hydrogen-bond donors (Lipinski definition) is 3. The zero-order chi connectivity index (χ0) is 15.2. The largest absolute Gasteiger partial charge is 0.389 e. The van der Waals surface area contributed by atoms with Gasteiger partial charge in [-0.25, -0.2) is 4.79 Å². The molecule has 1 fully saturated rings. The van der Waals surface area contributed by atoms with Crippen LogP contribution < -0.4 is 10.6 Å². The molecule has 1 aliphatic rings. The Labute approximate surface area is 120 Å². The molecule has 6 heteroatoms. The maximum Gasteiger partial charge on any atom is 0.321 e. The summed E-state index contributed by atoms with van der Waals surface area (Å²) in [7, 11) is 1.78. The van der Waals surface area contributed by atoms with E-state index in [2.05, 4.69) is 10.6 Å². The van der Waals surface area contributed by atoms with Gasteiger partial charge in [-0.2, -0.15) is 0 Å². The van der Waals surface area contributed by atoms with Crippen LogP contribution in [0.5, 0.6) is 0 Å². The van der Waals surface area contributed by atoms with E-state index in [0.29, 0.717) is 19.0 Å².